The van der Waals surface area contributed by atoms with Crippen molar-refractivity contribution in [2.24, 2.45) is 5.73 Å². The van der Waals surface area contributed by atoms with Gasteiger partial charge in [0.15, 0.2) is 0 Å². The van der Waals surface area contributed by atoms with Crippen LogP contribution in [0, 0.1) is 0 Å². The second-order valence-corrected chi connectivity index (χ2v) is 2.42. The number of nitrogens with two attached hydrogens (primary N) is 1. The third kappa shape index (κ3) is 1.03. The van der Waals surface area contributed by atoms with Crippen molar-refractivity contribution >= 4 is 11.6 Å². The molecule has 0 amide bonds. The minimum Gasteiger partial charge on any atom is -0.413 e. The van der Waals surface area contributed by atoms with E-state index >= 15 is 0 Å². The number of rotatable bonds is 1. The first-order valence-corrected chi connectivity index (χ1v) is 3.14. The van der Waals surface area contributed by atoms with Gasteiger partial charge in [0.25, 0.3) is 0 Å². The van der Waals surface area contributed by atoms with Gasteiger partial charge in [-0.25, -0.2) is 0 Å². The van der Waals surface area contributed by atoms with Crippen LogP contribution in [0.2, 0.25) is 0 Å². The molecule has 0 radical (unpaired) electrons. The largest absolute Gasteiger partial charge is 0.413 e. The Hall–Kier alpha value is -0.250. The first-order chi connectivity index (χ1) is 4.19. The van der Waals surface area contributed by atoms with Crippen molar-refractivity contribution in [3.63, 3.8) is 0 Å². The predicted molar refractivity (Wildman–Crippen MR) is 35.4 cm³/mol. The van der Waals surface area contributed by atoms with Gasteiger partial charge in [-0.15, -0.1) is 5.48 Å². The van der Waals surface area contributed by atoms with Crippen molar-refractivity contribution in [2.75, 3.05) is 0 Å². The molecule has 0 aromatic rings. The van der Waals surface area contributed by atoms with Crippen LogP contribution < -0.4 is 11.2 Å². The van der Waals surface area contributed by atoms with Crippen LogP contribution in [0.15, 0.2) is 11.3 Å². The number of halogens is 1. The second kappa shape index (κ2) is 2.17. The van der Waals surface area contributed by atoms with Crippen molar-refractivity contribution in [1.29, 1.82) is 0 Å². The smallest absolute Gasteiger partial charge is 0.139 e. The zero-order valence-corrected chi connectivity index (χ0v) is 5.90. The van der Waals surface area contributed by atoms with Crippen LogP contribution >= 0.6 is 11.6 Å². The van der Waals surface area contributed by atoms with Crippen LogP contribution in [0.5, 0.6) is 0 Å². The minimum atomic E-state index is -0.651. The minimum absolute atomic E-state index is 0.519. The van der Waals surface area contributed by atoms with Crippen molar-refractivity contribution in [1.82, 2.24) is 5.48 Å². The molecule has 52 valence electrons. The van der Waals surface area contributed by atoms with Crippen molar-refractivity contribution < 1.29 is 4.84 Å². The second-order valence-electron chi connectivity index (χ2n) is 2.01. The lowest BCUT2D eigenvalue weighted by Crippen LogP contribution is -2.49. The van der Waals surface area contributed by atoms with Gasteiger partial charge in [-0.1, -0.05) is 18.5 Å². The molecule has 1 aliphatic heterocycles. The summed E-state index contributed by atoms with van der Waals surface area (Å²) < 4.78 is 0. The first kappa shape index (κ1) is 6.86. The van der Waals surface area contributed by atoms with Crippen LogP contribution in [-0.4, -0.2) is 5.66 Å². The van der Waals surface area contributed by atoms with Gasteiger partial charge in [0.2, 0.25) is 0 Å². The molecule has 0 saturated carbocycles. The maximum atomic E-state index is 5.67. The Balaban J connectivity index is 2.70. The fourth-order valence-corrected chi connectivity index (χ4v) is 0.798. The molecular formula is C5H9ClN2O. The van der Waals surface area contributed by atoms with E-state index in [1.807, 2.05) is 6.92 Å². The normalized spacial score (nSPS) is 33.9. The summed E-state index contributed by atoms with van der Waals surface area (Å²) in [6, 6.07) is 0. The summed E-state index contributed by atoms with van der Waals surface area (Å²) in [5.74, 6) is 0. The molecule has 0 aliphatic carbocycles. The molecule has 0 saturated heterocycles. The molecule has 1 atom stereocenters. The number of nitrogens with one attached hydrogen (secondary N) is 1. The van der Waals surface area contributed by atoms with E-state index in [-0.39, 0.29) is 0 Å². The van der Waals surface area contributed by atoms with Gasteiger partial charge in [-0.05, 0) is 6.42 Å². The van der Waals surface area contributed by atoms with Crippen molar-refractivity contribution in [3.05, 3.63) is 11.3 Å². The van der Waals surface area contributed by atoms with Crippen LogP contribution in [0.25, 0.3) is 0 Å². The van der Waals surface area contributed by atoms with Gasteiger partial charge in [0.1, 0.15) is 11.9 Å². The quantitative estimate of drug-likeness (QED) is 0.575. The third-order valence-corrected chi connectivity index (χ3v) is 1.81. The highest BCUT2D eigenvalue weighted by atomic mass is 35.5. The topological polar surface area (TPSA) is 47.3 Å². The van der Waals surface area contributed by atoms with E-state index in [9.17, 15) is 0 Å². The Morgan fingerprint density at radius 1 is 2.00 bits per heavy atom. The lowest BCUT2D eigenvalue weighted by molar-refractivity contribution is 0.0980. The summed E-state index contributed by atoms with van der Waals surface area (Å²) in [5.41, 5.74) is 7.60. The van der Waals surface area contributed by atoms with Gasteiger partial charge >= 0.3 is 0 Å². The summed E-state index contributed by atoms with van der Waals surface area (Å²) in [7, 11) is 0. The van der Waals surface area contributed by atoms with Crippen molar-refractivity contribution in [2.45, 2.75) is 19.0 Å². The summed E-state index contributed by atoms with van der Waals surface area (Å²) in [5, 5.41) is 0.519. The van der Waals surface area contributed by atoms with Gasteiger partial charge in [0, 0.05) is 0 Å². The van der Waals surface area contributed by atoms with Gasteiger partial charge < -0.3 is 10.6 Å². The Morgan fingerprint density at radius 3 is 2.89 bits per heavy atom. The molecule has 1 rings (SSSR count). The van der Waals surface area contributed by atoms with Crippen LogP contribution in [-0.2, 0) is 4.84 Å². The van der Waals surface area contributed by atoms with E-state index < -0.39 is 5.66 Å². The number of hydrogen-bond donors (Lipinski definition) is 2. The molecule has 1 heterocycles. The molecule has 1 aliphatic rings. The maximum Gasteiger partial charge on any atom is 0.139 e. The molecular weight excluding hydrogens is 140 g/mol. The molecule has 0 aromatic carbocycles. The van der Waals surface area contributed by atoms with E-state index in [1.54, 1.807) is 0 Å². The van der Waals surface area contributed by atoms with E-state index in [0.717, 1.165) is 0 Å². The van der Waals surface area contributed by atoms with Gasteiger partial charge in [-0.2, -0.15) is 0 Å². The number of hydroxylamine groups is 1. The number of hydrogen-bond acceptors (Lipinski definition) is 3. The Morgan fingerprint density at radius 2 is 2.67 bits per heavy atom. The zero-order chi connectivity index (χ0) is 6.91. The van der Waals surface area contributed by atoms with Crippen molar-refractivity contribution in [3.8, 4) is 0 Å². The average Bonchev–Trinajstić information content (AvgIpc) is 2.15. The standard InChI is InChI=1S/C5H9ClN2O/c1-2-5(7)4(6)3-9-8-5/h3,8H,2,7H2,1H3. The van der Waals surface area contributed by atoms with Gasteiger partial charge in [-0.3, -0.25) is 0 Å². The molecule has 1 unspecified atom stereocenters. The zero-order valence-electron chi connectivity index (χ0n) is 5.15. The Bertz CT molecular complexity index is 148. The average molecular weight is 149 g/mol. The van der Waals surface area contributed by atoms with E-state index in [0.29, 0.717) is 11.5 Å². The highest BCUT2D eigenvalue weighted by Gasteiger charge is 2.31. The predicted octanol–water partition coefficient (Wildman–Crippen LogP) is 0.666. The molecule has 0 spiro atoms. The van der Waals surface area contributed by atoms with E-state index in [1.165, 1.54) is 6.26 Å². The van der Waals surface area contributed by atoms with Crippen LogP contribution in [0.1, 0.15) is 13.3 Å². The fraction of sp³-hybridized carbons (Fsp3) is 0.600. The summed E-state index contributed by atoms with van der Waals surface area (Å²) in [4.78, 5) is 4.69. The summed E-state index contributed by atoms with van der Waals surface area (Å²) >= 11 is 5.67. The fourth-order valence-electron chi connectivity index (χ4n) is 0.581. The molecule has 0 fully saturated rings. The van der Waals surface area contributed by atoms with E-state index in [4.69, 9.17) is 22.2 Å². The summed E-state index contributed by atoms with van der Waals surface area (Å²) in [6.45, 7) is 1.93. The lowest BCUT2D eigenvalue weighted by Gasteiger charge is -2.19. The molecule has 3 N–H and O–H groups in total. The highest BCUT2D eigenvalue weighted by Crippen LogP contribution is 2.23. The molecule has 9 heavy (non-hydrogen) atoms. The van der Waals surface area contributed by atoms with Gasteiger partial charge in [0.05, 0.1) is 5.03 Å². The van der Waals surface area contributed by atoms with Crippen LogP contribution in [0.4, 0.5) is 0 Å². The lowest BCUT2D eigenvalue weighted by atomic mass is 10.1. The maximum absolute atomic E-state index is 5.67. The SMILES string of the molecule is CCC1(N)NOC=C1Cl. The van der Waals surface area contributed by atoms with Crippen LogP contribution in [0.3, 0.4) is 0 Å². The first-order valence-electron chi connectivity index (χ1n) is 2.77. The summed E-state index contributed by atoms with van der Waals surface area (Å²) in [6.07, 6.45) is 2.12. The Labute approximate surface area is 58.8 Å². The molecule has 3 nitrogen and oxygen atoms in total. The molecule has 0 aromatic heterocycles. The van der Waals surface area contributed by atoms with E-state index in [2.05, 4.69) is 5.48 Å². The highest BCUT2D eigenvalue weighted by molar-refractivity contribution is 6.30. The third-order valence-electron chi connectivity index (χ3n) is 1.39. The Kier molecular flexibility index (Phi) is 1.66. The molecule has 4 heteroatoms. The monoisotopic (exact) mass is 148 g/mol. The molecule has 0 bridgehead atoms.